The normalized spacial score (nSPS) is 13.8. The fraction of sp³-hybridized carbons (Fsp3) is 1.00. The van der Waals surface area contributed by atoms with Crippen molar-refractivity contribution in [2.45, 2.75) is 33.3 Å². The third-order valence-corrected chi connectivity index (χ3v) is 4.60. The van der Waals surface area contributed by atoms with Crippen LogP contribution >= 0.6 is 89.3 Å². The Bertz CT molecular complexity index is 291. The van der Waals surface area contributed by atoms with E-state index < -0.39 is 15.4 Å². The van der Waals surface area contributed by atoms with E-state index in [1.165, 1.54) is 0 Å². The van der Waals surface area contributed by atoms with Gasteiger partial charge in [-0.1, -0.05) is 69.6 Å². The van der Waals surface area contributed by atoms with E-state index >= 15 is 0 Å². The molecular formula is C8H12Cl7O4P. The highest BCUT2D eigenvalue weighted by atomic mass is 35.6. The van der Waals surface area contributed by atoms with Crippen LogP contribution in [0.3, 0.4) is 0 Å². The van der Waals surface area contributed by atoms with Crippen molar-refractivity contribution in [2.75, 3.05) is 13.2 Å². The maximum absolute atomic E-state index is 11.8. The van der Waals surface area contributed by atoms with E-state index in [1.807, 2.05) is 0 Å². The first-order valence-corrected chi connectivity index (χ1v) is 9.34. The van der Waals surface area contributed by atoms with E-state index in [0.717, 1.165) is 0 Å². The zero-order valence-corrected chi connectivity index (χ0v) is 16.2. The van der Waals surface area contributed by atoms with Gasteiger partial charge in [-0.15, -0.1) is 0 Å². The number of phosphoric ester groups is 1. The molecule has 20 heavy (non-hydrogen) atoms. The fourth-order valence-corrected chi connectivity index (χ4v) is 2.88. The average molecular weight is 451 g/mol. The molecule has 0 spiro atoms. The standard InChI is InChI=1S/C8H12Cl7O4P/c9-7(10,11)3-1-5-17-20(16,19-15)18-6-2-4-8(12,13)14/h1-6H2. The molecule has 0 fully saturated rings. The first-order valence-electron chi connectivity index (χ1n) is 5.30. The highest BCUT2D eigenvalue weighted by Gasteiger charge is 2.28. The second-order valence-corrected chi connectivity index (χ2v) is 10.6. The largest absolute Gasteiger partial charge is 0.491 e. The Morgan fingerprint density at radius 2 is 1.15 bits per heavy atom. The fourth-order valence-electron chi connectivity index (χ4n) is 0.975. The molecule has 0 saturated heterocycles. The van der Waals surface area contributed by atoms with Crippen molar-refractivity contribution in [2.24, 2.45) is 0 Å². The van der Waals surface area contributed by atoms with Crippen LogP contribution in [0.4, 0.5) is 0 Å². The van der Waals surface area contributed by atoms with Crippen molar-refractivity contribution >= 4 is 89.3 Å². The van der Waals surface area contributed by atoms with Gasteiger partial charge in [0.15, 0.2) is 7.59 Å². The van der Waals surface area contributed by atoms with E-state index in [0.29, 0.717) is 12.8 Å². The molecule has 0 aromatic rings. The highest BCUT2D eigenvalue weighted by Crippen LogP contribution is 2.51. The summed E-state index contributed by atoms with van der Waals surface area (Å²) in [6.07, 6.45) is 1.09. The van der Waals surface area contributed by atoms with Crippen molar-refractivity contribution in [3.63, 3.8) is 0 Å². The molecule has 0 aromatic carbocycles. The monoisotopic (exact) mass is 448 g/mol. The third kappa shape index (κ3) is 13.8. The van der Waals surface area contributed by atoms with Crippen LogP contribution in [-0.4, -0.2) is 20.8 Å². The van der Waals surface area contributed by atoms with Crippen molar-refractivity contribution in [3.05, 3.63) is 0 Å². The molecule has 0 aliphatic carbocycles. The highest BCUT2D eigenvalue weighted by molar-refractivity contribution is 7.49. The van der Waals surface area contributed by atoms with Gasteiger partial charge >= 0.3 is 7.82 Å². The summed E-state index contributed by atoms with van der Waals surface area (Å²) in [4.78, 5) is 0. The summed E-state index contributed by atoms with van der Waals surface area (Å²) in [5, 5.41) is 0. The summed E-state index contributed by atoms with van der Waals surface area (Å²) in [7, 11) is -3.86. The summed E-state index contributed by atoms with van der Waals surface area (Å²) in [5.74, 6) is 0. The molecule has 0 radical (unpaired) electrons. The summed E-state index contributed by atoms with van der Waals surface area (Å²) < 4.78 is 23.0. The molecule has 0 unspecified atom stereocenters. The zero-order chi connectivity index (χ0) is 15.9. The summed E-state index contributed by atoms with van der Waals surface area (Å²) >= 11 is 38.3. The van der Waals surface area contributed by atoms with Crippen LogP contribution < -0.4 is 0 Å². The molecule has 0 heterocycles. The number of phosphoric acid groups is 1. The van der Waals surface area contributed by atoms with Gasteiger partial charge in [0.1, 0.15) is 0 Å². The molecule has 4 nitrogen and oxygen atoms in total. The van der Waals surface area contributed by atoms with Crippen molar-refractivity contribution in [3.8, 4) is 0 Å². The lowest BCUT2D eigenvalue weighted by Crippen LogP contribution is -2.07. The van der Waals surface area contributed by atoms with Crippen molar-refractivity contribution in [1.29, 1.82) is 0 Å². The maximum atomic E-state index is 11.8. The average Bonchev–Trinajstić information content (AvgIpc) is 2.28. The van der Waals surface area contributed by atoms with Gasteiger partial charge in [0.05, 0.1) is 25.1 Å². The number of rotatable bonds is 9. The second-order valence-electron chi connectivity index (χ2n) is 3.62. The van der Waals surface area contributed by atoms with E-state index in [4.69, 9.17) is 90.5 Å². The van der Waals surface area contributed by atoms with Gasteiger partial charge in [-0.2, -0.15) is 4.08 Å². The lowest BCUT2D eigenvalue weighted by Gasteiger charge is -2.16. The third-order valence-electron chi connectivity index (χ3n) is 1.79. The Labute approximate surface area is 152 Å². The Morgan fingerprint density at radius 3 is 1.40 bits per heavy atom. The maximum Gasteiger partial charge on any atom is 0.491 e. The minimum atomic E-state index is -3.86. The first kappa shape index (κ1) is 22.1. The van der Waals surface area contributed by atoms with E-state index in [2.05, 4.69) is 4.08 Å². The number of hydrogen-bond acceptors (Lipinski definition) is 4. The van der Waals surface area contributed by atoms with Gasteiger partial charge in [0, 0.05) is 0 Å². The molecule has 0 amide bonds. The van der Waals surface area contributed by atoms with E-state index in [9.17, 15) is 4.57 Å². The molecule has 0 bridgehead atoms. The van der Waals surface area contributed by atoms with Gasteiger partial charge in [0.2, 0.25) is 0 Å². The Morgan fingerprint density at radius 1 is 0.800 bits per heavy atom. The SMILES string of the molecule is O=P(OCl)(OCCCC(Cl)(Cl)Cl)OCCCC(Cl)(Cl)Cl. The summed E-state index contributed by atoms with van der Waals surface area (Å²) in [5.41, 5.74) is 0. The molecule has 0 aliphatic heterocycles. The van der Waals surface area contributed by atoms with Crippen LogP contribution in [0.5, 0.6) is 0 Å². The number of halogens is 7. The number of alkyl halides is 6. The van der Waals surface area contributed by atoms with Gasteiger partial charge < -0.3 is 0 Å². The smallest absolute Gasteiger partial charge is 0.286 e. The van der Waals surface area contributed by atoms with Crippen LogP contribution in [0.15, 0.2) is 0 Å². The Hall–Kier alpha value is 2.14. The predicted octanol–water partition coefficient (Wildman–Crippen LogP) is 6.60. The molecule has 0 N–H and O–H groups in total. The summed E-state index contributed by atoms with van der Waals surface area (Å²) in [6.45, 7) is -0.0231. The van der Waals surface area contributed by atoms with Gasteiger partial charge in [-0.25, -0.2) is 4.57 Å². The molecule has 12 heteroatoms. The van der Waals surface area contributed by atoms with Crippen LogP contribution in [-0.2, 0) is 17.7 Å². The topological polar surface area (TPSA) is 44.8 Å². The lowest BCUT2D eigenvalue weighted by molar-refractivity contribution is 0.155. The van der Waals surface area contributed by atoms with Gasteiger partial charge in [0.25, 0.3) is 0 Å². The van der Waals surface area contributed by atoms with Crippen molar-refractivity contribution < 1.29 is 17.7 Å². The number of hydrogen-bond donors (Lipinski definition) is 0. The Kier molecular flexibility index (Phi) is 11.2. The van der Waals surface area contributed by atoms with Crippen LogP contribution in [0, 0.1) is 0 Å². The molecule has 0 atom stereocenters. The minimum Gasteiger partial charge on any atom is -0.286 e. The zero-order valence-electron chi connectivity index (χ0n) is 9.97. The molecular weight excluding hydrogens is 439 g/mol. The quantitative estimate of drug-likeness (QED) is 0.225. The Balaban J connectivity index is 3.93. The first-order chi connectivity index (χ1) is 8.97. The molecule has 0 saturated carbocycles. The van der Waals surface area contributed by atoms with E-state index in [1.54, 1.807) is 0 Å². The lowest BCUT2D eigenvalue weighted by atomic mass is 10.3. The van der Waals surface area contributed by atoms with Crippen LogP contribution in [0.25, 0.3) is 0 Å². The minimum absolute atomic E-state index is 0.0115. The van der Waals surface area contributed by atoms with Crippen molar-refractivity contribution in [1.82, 2.24) is 0 Å². The molecule has 0 aliphatic rings. The second kappa shape index (κ2) is 10.1. The predicted molar refractivity (Wildman–Crippen MR) is 85.5 cm³/mol. The molecule has 122 valence electrons. The molecule has 0 rings (SSSR count). The van der Waals surface area contributed by atoms with Crippen LogP contribution in [0.2, 0.25) is 0 Å². The summed E-state index contributed by atoms with van der Waals surface area (Å²) in [6, 6.07) is 0. The van der Waals surface area contributed by atoms with Gasteiger partial charge in [-0.05, 0) is 25.7 Å². The van der Waals surface area contributed by atoms with Gasteiger partial charge in [-0.3, -0.25) is 9.05 Å². The van der Waals surface area contributed by atoms with E-state index in [-0.39, 0.29) is 26.1 Å². The molecule has 0 aromatic heterocycles. The van der Waals surface area contributed by atoms with Crippen LogP contribution in [0.1, 0.15) is 25.7 Å².